The van der Waals surface area contributed by atoms with E-state index in [1.807, 2.05) is 24.3 Å². The number of nitrogens with zero attached hydrogens (tertiary/aromatic N) is 1. The highest BCUT2D eigenvalue weighted by Crippen LogP contribution is 2.20. The van der Waals surface area contributed by atoms with Gasteiger partial charge in [0.1, 0.15) is 0 Å². The molecule has 1 fully saturated rings. The molecule has 0 radical (unpaired) electrons. The van der Waals surface area contributed by atoms with Crippen LogP contribution >= 0.6 is 11.6 Å². The van der Waals surface area contributed by atoms with Gasteiger partial charge >= 0.3 is 0 Å². The Labute approximate surface area is 148 Å². The van der Waals surface area contributed by atoms with Gasteiger partial charge in [0.15, 0.2) is 0 Å². The molecule has 2 aromatic rings. The molecule has 3 rings (SSSR count). The summed E-state index contributed by atoms with van der Waals surface area (Å²) < 4.78 is 0. The first-order chi connectivity index (χ1) is 11.7. The fourth-order valence-corrected chi connectivity index (χ4v) is 3.17. The van der Waals surface area contributed by atoms with Gasteiger partial charge in [-0.2, -0.15) is 0 Å². The summed E-state index contributed by atoms with van der Waals surface area (Å²) in [4.78, 5) is 14.4. The zero-order chi connectivity index (χ0) is 16.8. The van der Waals surface area contributed by atoms with Crippen molar-refractivity contribution in [1.82, 2.24) is 5.32 Å². The summed E-state index contributed by atoms with van der Waals surface area (Å²) in [6, 6.07) is 16.1. The van der Waals surface area contributed by atoms with Crippen LogP contribution < -0.4 is 10.2 Å². The van der Waals surface area contributed by atoms with Crippen LogP contribution in [-0.4, -0.2) is 25.5 Å². The van der Waals surface area contributed by atoms with Crippen molar-refractivity contribution in [2.75, 3.05) is 24.5 Å². The molecule has 3 nitrogen and oxygen atoms in total. The predicted octanol–water partition coefficient (Wildman–Crippen LogP) is 3.84. The molecule has 126 valence electrons. The summed E-state index contributed by atoms with van der Waals surface area (Å²) in [7, 11) is 0. The molecular formula is C20H23ClN2O. The summed E-state index contributed by atoms with van der Waals surface area (Å²) >= 11 is 5.85. The molecule has 0 saturated carbocycles. The lowest BCUT2D eigenvalue weighted by Gasteiger charge is -2.17. The molecule has 24 heavy (non-hydrogen) atoms. The molecule has 4 heteroatoms. The monoisotopic (exact) mass is 342 g/mol. The Kier molecular flexibility index (Phi) is 5.76. The van der Waals surface area contributed by atoms with Crippen LogP contribution in [0.3, 0.4) is 0 Å². The number of halogens is 1. The molecule has 1 N–H and O–H groups in total. The van der Waals surface area contributed by atoms with Gasteiger partial charge in [-0.25, -0.2) is 0 Å². The maximum Gasteiger partial charge on any atom is 0.224 e. The van der Waals surface area contributed by atoms with E-state index in [0.29, 0.717) is 18.0 Å². The van der Waals surface area contributed by atoms with Crippen LogP contribution in [0, 0.1) is 0 Å². The average molecular weight is 343 g/mol. The van der Waals surface area contributed by atoms with E-state index in [1.165, 1.54) is 37.2 Å². The zero-order valence-electron chi connectivity index (χ0n) is 13.8. The fourth-order valence-electron chi connectivity index (χ4n) is 3.05. The molecule has 0 aliphatic carbocycles. The normalized spacial score (nSPS) is 14.0. The Balaban J connectivity index is 1.42. The van der Waals surface area contributed by atoms with E-state index < -0.39 is 0 Å². The SMILES string of the molecule is O=C(Cc1ccc(Cl)cc1)NCCc1ccc(N2CCCC2)cc1. The maximum absolute atomic E-state index is 12.0. The second-order valence-corrected chi connectivity index (χ2v) is 6.70. The minimum atomic E-state index is 0.0472. The van der Waals surface area contributed by atoms with Gasteiger partial charge in [-0.1, -0.05) is 35.9 Å². The summed E-state index contributed by atoms with van der Waals surface area (Å²) in [6.07, 6.45) is 3.83. The van der Waals surface area contributed by atoms with E-state index in [-0.39, 0.29) is 5.91 Å². The first-order valence-electron chi connectivity index (χ1n) is 8.56. The highest BCUT2D eigenvalue weighted by molar-refractivity contribution is 6.30. The number of nitrogens with one attached hydrogen (secondary N) is 1. The number of carbonyl (C=O) groups excluding carboxylic acids is 1. The number of anilines is 1. The molecule has 1 aliphatic heterocycles. The second kappa shape index (κ2) is 8.20. The Morgan fingerprint density at radius 2 is 1.58 bits per heavy atom. The van der Waals surface area contributed by atoms with Crippen molar-refractivity contribution in [3.63, 3.8) is 0 Å². The average Bonchev–Trinajstić information content (AvgIpc) is 3.12. The van der Waals surface area contributed by atoms with Crippen molar-refractivity contribution in [1.29, 1.82) is 0 Å². The minimum absolute atomic E-state index is 0.0472. The molecule has 1 saturated heterocycles. The van der Waals surface area contributed by atoms with Crippen molar-refractivity contribution in [3.8, 4) is 0 Å². The molecule has 0 bridgehead atoms. The fraction of sp³-hybridized carbons (Fsp3) is 0.350. The van der Waals surface area contributed by atoms with Crippen LogP contribution in [-0.2, 0) is 17.6 Å². The van der Waals surface area contributed by atoms with Gasteiger partial charge in [0.05, 0.1) is 6.42 Å². The standard InChI is InChI=1S/C20H23ClN2O/c21-18-7-3-17(4-8-18)15-20(24)22-12-11-16-5-9-19(10-6-16)23-13-1-2-14-23/h3-10H,1-2,11-15H2,(H,22,24). The lowest BCUT2D eigenvalue weighted by atomic mass is 10.1. The summed E-state index contributed by atoms with van der Waals surface area (Å²) in [6.45, 7) is 3.00. The minimum Gasteiger partial charge on any atom is -0.372 e. The van der Waals surface area contributed by atoms with Gasteiger partial charge in [-0.3, -0.25) is 4.79 Å². The van der Waals surface area contributed by atoms with E-state index in [4.69, 9.17) is 11.6 Å². The topological polar surface area (TPSA) is 32.3 Å². The molecule has 1 heterocycles. The van der Waals surface area contributed by atoms with Gasteiger partial charge < -0.3 is 10.2 Å². The Morgan fingerprint density at radius 1 is 0.958 bits per heavy atom. The van der Waals surface area contributed by atoms with Crippen molar-refractivity contribution in [2.24, 2.45) is 0 Å². The highest BCUT2D eigenvalue weighted by atomic mass is 35.5. The quantitative estimate of drug-likeness (QED) is 0.865. The highest BCUT2D eigenvalue weighted by Gasteiger charge is 2.11. The number of rotatable bonds is 6. The first kappa shape index (κ1) is 16.8. The number of hydrogen-bond donors (Lipinski definition) is 1. The van der Waals surface area contributed by atoms with E-state index >= 15 is 0 Å². The second-order valence-electron chi connectivity index (χ2n) is 6.26. The van der Waals surface area contributed by atoms with Crippen LogP contribution in [0.4, 0.5) is 5.69 Å². The molecular weight excluding hydrogens is 320 g/mol. The molecule has 2 aromatic carbocycles. The Morgan fingerprint density at radius 3 is 2.25 bits per heavy atom. The summed E-state index contributed by atoms with van der Waals surface area (Å²) in [5, 5.41) is 3.67. The van der Waals surface area contributed by atoms with Crippen molar-refractivity contribution < 1.29 is 4.79 Å². The van der Waals surface area contributed by atoms with E-state index in [9.17, 15) is 4.79 Å². The number of benzene rings is 2. The predicted molar refractivity (Wildman–Crippen MR) is 99.8 cm³/mol. The zero-order valence-corrected chi connectivity index (χ0v) is 14.6. The molecule has 0 aromatic heterocycles. The molecule has 0 atom stereocenters. The van der Waals surface area contributed by atoms with Gasteiger partial charge in [0.2, 0.25) is 5.91 Å². The van der Waals surface area contributed by atoms with Crippen molar-refractivity contribution in [3.05, 3.63) is 64.7 Å². The van der Waals surface area contributed by atoms with Crippen molar-refractivity contribution >= 4 is 23.2 Å². The van der Waals surface area contributed by atoms with E-state index in [2.05, 4.69) is 34.5 Å². The lowest BCUT2D eigenvalue weighted by molar-refractivity contribution is -0.120. The summed E-state index contributed by atoms with van der Waals surface area (Å²) in [5.41, 5.74) is 3.54. The van der Waals surface area contributed by atoms with Gasteiger partial charge in [0, 0.05) is 30.3 Å². The molecule has 1 aliphatic rings. The lowest BCUT2D eigenvalue weighted by Crippen LogP contribution is -2.27. The number of hydrogen-bond acceptors (Lipinski definition) is 2. The van der Waals surface area contributed by atoms with Crippen LogP contribution in [0.2, 0.25) is 5.02 Å². The Bertz CT molecular complexity index is 661. The van der Waals surface area contributed by atoms with Crippen LogP contribution in [0.25, 0.3) is 0 Å². The number of amides is 1. The van der Waals surface area contributed by atoms with Gasteiger partial charge in [-0.05, 0) is 54.7 Å². The smallest absolute Gasteiger partial charge is 0.224 e. The number of carbonyl (C=O) groups is 1. The van der Waals surface area contributed by atoms with Crippen LogP contribution in [0.15, 0.2) is 48.5 Å². The third-order valence-corrected chi connectivity index (χ3v) is 4.67. The van der Waals surface area contributed by atoms with E-state index in [0.717, 1.165) is 12.0 Å². The van der Waals surface area contributed by atoms with Crippen molar-refractivity contribution in [2.45, 2.75) is 25.7 Å². The van der Waals surface area contributed by atoms with Gasteiger partial charge in [0.25, 0.3) is 0 Å². The maximum atomic E-state index is 12.0. The largest absolute Gasteiger partial charge is 0.372 e. The molecule has 0 spiro atoms. The molecule has 1 amide bonds. The summed E-state index contributed by atoms with van der Waals surface area (Å²) in [5.74, 6) is 0.0472. The van der Waals surface area contributed by atoms with Gasteiger partial charge in [-0.15, -0.1) is 0 Å². The van der Waals surface area contributed by atoms with Crippen LogP contribution in [0.5, 0.6) is 0 Å². The first-order valence-corrected chi connectivity index (χ1v) is 8.93. The van der Waals surface area contributed by atoms with Crippen LogP contribution in [0.1, 0.15) is 24.0 Å². The molecule has 0 unspecified atom stereocenters. The third-order valence-electron chi connectivity index (χ3n) is 4.42. The Hall–Kier alpha value is -2.00. The van der Waals surface area contributed by atoms with E-state index in [1.54, 1.807) is 0 Å². The third kappa shape index (κ3) is 4.75.